The van der Waals surface area contributed by atoms with Gasteiger partial charge in [0, 0.05) is 12.0 Å². The molecule has 0 aromatic heterocycles. The summed E-state index contributed by atoms with van der Waals surface area (Å²) >= 11 is 0. The normalized spacial score (nSPS) is 25.4. The molecule has 11 heteroatoms. The summed E-state index contributed by atoms with van der Waals surface area (Å²) < 4.78 is 0. The Balaban J connectivity index is 1.41. The molecule has 4 amide bonds. The lowest BCUT2D eigenvalue weighted by Gasteiger charge is -2.32. The predicted octanol–water partition coefficient (Wildman–Crippen LogP) is 0.712. The molecular weight excluding hydrogens is 548 g/mol. The van der Waals surface area contributed by atoms with E-state index in [0.29, 0.717) is 25.7 Å². The van der Waals surface area contributed by atoms with Crippen LogP contribution in [0.5, 0.6) is 0 Å². The Labute approximate surface area is 253 Å². The summed E-state index contributed by atoms with van der Waals surface area (Å²) in [5, 5.41) is 26.7. The van der Waals surface area contributed by atoms with E-state index in [1.165, 1.54) is 0 Å². The number of primary amides is 1. The summed E-state index contributed by atoms with van der Waals surface area (Å²) in [6.07, 6.45) is 9.33. The van der Waals surface area contributed by atoms with E-state index in [1.807, 2.05) is 56.3 Å². The van der Waals surface area contributed by atoms with Crippen LogP contribution in [0.2, 0.25) is 0 Å². The third-order valence-electron chi connectivity index (χ3n) is 8.38. The maximum Gasteiger partial charge on any atom is 0.243 e. The van der Waals surface area contributed by atoms with Gasteiger partial charge in [0.1, 0.15) is 6.04 Å². The Kier molecular flexibility index (Phi) is 11.5. The standard InChI is InChI=1S/C32H46N6O5/c1-19(2)16-26(30(41)35-18-27(33)39)37-32(43)25-14-13-23(36-25)21-10-6-11-22(17-21)29(40)28(20-8-4-3-5-9-20)38-31(42)24-12-7-15-34-24/h3-6,8-10,17,19,22-26,28-29,34,36,40H,7,11-16,18H2,1-2H3,(H2,33,39)(H,35,41)(H,37,43)(H,38,42)/t22?,23?,24-,25-,26-,28-,29-/m0/s1. The third kappa shape index (κ3) is 8.98. The average Bonchev–Trinajstić information content (AvgIpc) is 3.72. The van der Waals surface area contributed by atoms with Gasteiger partial charge in [0.05, 0.1) is 30.8 Å². The number of hydrogen-bond donors (Lipinski definition) is 7. The Morgan fingerprint density at radius 1 is 1.02 bits per heavy atom. The monoisotopic (exact) mass is 594 g/mol. The van der Waals surface area contributed by atoms with Crippen molar-refractivity contribution in [1.29, 1.82) is 0 Å². The number of nitrogens with one attached hydrogen (secondary N) is 5. The van der Waals surface area contributed by atoms with Crippen LogP contribution in [-0.2, 0) is 19.2 Å². The van der Waals surface area contributed by atoms with Crippen LogP contribution in [0.4, 0.5) is 0 Å². The van der Waals surface area contributed by atoms with E-state index < -0.39 is 36.0 Å². The lowest BCUT2D eigenvalue weighted by molar-refractivity contribution is -0.131. The number of aliphatic hydroxyl groups is 1. The first-order valence-corrected chi connectivity index (χ1v) is 15.4. The zero-order valence-corrected chi connectivity index (χ0v) is 25.1. The van der Waals surface area contributed by atoms with Crippen LogP contribution < -0.4 is 32.3 Å². The number of aliphatic hydroxyl groups excluding tert-OH is 1. The molecule has 1 aromatic rings. The first-order valence-electron chi connectivity index (χ1n) is 15.4. The van der Waals surface area contributed by atoms with Gasteiger partial charge < -0.3 is 32.1 Å². The fourth-order valence-corrected chi connectivity index (χ4v) is 6.12. The van der Waals surface area contributed by atoms with Crippen LogP contribution in [0, 0.1) is 11.8 Å². The minimum atomic E-state index is -0.857. The molecule has 3 aliphatic rings. The van der Waals surface area contributed by atoms with Gasteiger partial charge in [-0.05, 0) is 62.1 Å². The molecule has 43 heavy (non-hydrogen) atoms. The van der Waals surface area contributed by atoms with E-state index in [9.17, 15) is 24.3 Å². The smallest absolute Gasteiger partial charge is 0.243 e. The molecule has 2 saturated heterocycles. The highest BCUT2D eigenvalue weighted by atomic mass is 16.3. The molecule has 8 N–H and O–H groups in total. The average molecular weight is 595 g/mol. The van der Waals surface area contributed by atoms with Gasteiger partial charge in [0.2, 0.25) is 23.6 Å². The second-order valence-electron chi connectivity index (χ2n) is 12.2. The van der Waals surface area contributed by atoms with Crippen molar-refractivity contribution in [3.63, 3.8) is 0 Å². The largest absolute Gasteiger partial charge is 0.390 e. The Morgan fingerprint density at radius 3 is 2.44 bits per heavy atom. The van der Waals surface area contributed by atoms with Gasteiger partial charge in [0.15, 0.2) is 0 Å². The van der Waals surface area contributed by atoms with Crippen LogP contribution >= 0.6 is 0 Å². The molecule has 4 rings (SSSR count). The molecule has 1 aromatic carbocycles. The fraction of sp³-hybridized carbons (Fsp3) is 0.562. The zero-order valence-electron chi connectivity index (χ0n) is 25.1. The molecule has 2 unspecified atom stereocenters. The van der Waals surface area contributed by atoms with Crippen molar-refractivity contribution < 1.29 is 24.3 Å². The summed E-state index contributed by atoms with van der Waals surface area (Å²) in [6.45, 7) is 4.43. The fourth-order valence-electron chi connectivity index (χ4n) is 6.12. The van der Waals surface area contributed by atoms with E-state index >= 15 is 0 Å². The molecule has 1 aliphatic carbocycles. The minimum absolute atomic E-state index is 0.0957. The predicted molar refractivity (Wildman–Crippen MR) is 163 cm³/mol. The Morgan fingerprint density at radius 2 is 1.77 bits per heavy atom. The molecule has 2 heterocycles. The van der Waals surface area contributed by atoms with Crippen LogP contribution in [0.3, 0.4) is 0 Å². The molecule has 2 fully saturated rings. The van der Waals surface area contributed by atoms with Crippen LogP contribution in [-0.4, -0.2) is 72.1 Å². The maximum absolute atomic E-state index is 13.2. The van der Waals surface area contributed by atoms with E-state index in [4.69, 9.17) is 5.73 Å². The lowest BCUT2D eigenvalue weighted by atomic mass is 9.83. The molecule has 0 saturated carbocycles. The van der Waals surface area contributed by atoms with Crippen LogP contribution in [0.25, 0.3) is 0 Å². The SMILES string of the molecule is CC(C)C[C@H](NC(=O)[C@@H]1CCC(C2=CC([C@H](O)[C@@H](NC(=O)[C@@H]3CCCN3)c3ccccc3)CC=C2)N1)C(=O)NCC(N)=O. The topological polar surface area (TPSA) is 175 Å². The molecule has 234 valence electrons. The number of rotatable bonds is 13. The van der Waals surface area contributed by atoms with Crippen molar-refractivity contribution in [3.05, 3.63) is 59.7 Å². The molecule has 11 nitrogen and oxygen atoms in total. The Bertz CT molecular complexity index is 1200. The highest BCUT2D eigenvalue weighted by molar-refractivity contribution is 5.91. The molecule has 0 radical (unpaired) electrons. The van der Waals surface area contributed by atoms with E-state index in [1.54, 1.807) is 0 Å². The van der Waals surface area contributed by atoms with Crippen molar-refractivity contribution in [2.75, 3.05) is 13.1 Å². The second kappa shape index (κ2) is 15.3. The van der Waals surface area contributed by atoms with Gasteiger partial charge in [-0.3, -0.25) is 24.5 Å². The Hall–Kier alpha value is -3.54. The van der Waals surface area contributed by atoms with E-state index in [0.717, 1.165) is 30.5 Å². The van der Waals surface area contributed by atoms with Crippen molar-refractivity contribution in [2.24, 2.45) is 17.6 Å². The molecule has 7 atom stereocenters. The highest BCUT2D eigenvalue weighted by Crippen LogP contribution is 2.32. The lowest BCUT2D eigenvalue weighted by Crippen LogP contribution is -2.53. The van der Waals surface area contributed by atoms with Crippen molar-refractivity contribution in [1.82, 2.24) is 26.6 Å². The minimum Gasteiger partial charge on any atom is -0.390 e. The van der Waals surface area contributed by atoms with Gasteiger partial charge in [-0.15, -0.1) is 0 Å². The number of allylic oxidation sites excluding steroid dienone is 1. The number of nitrogens with two attached hydrogens (primary N) is 1. The van der Waals surface area contributed by atoms with Gasteiger partial charge in [-0.25, -0.2) is 0 Å². The second-order valence-corrected chi connectivity index (χ2v) is 12.2. The van der Waals surface area contributed by atoms with Gasteiger partial charge in [-0.1, -0.05) is 62.4 Å². The molecule has 0 spiro atoms. The quantitative estimate of drug-likeness (QED) is 0.176. The summed E-state index contributed by atoms with van der Waals surface area (Å²) in [4.78, 5) is 49.9. The first kappa shape index (κ1) is 32.4. The summed E-state index contributed by atoms with van der Waals surface area (Å²) in [5.41, 5.74) is 6.98. The van der Waals surface area contributed by atoms with Crippen molar-refractivity contribution >= 4 is 23.6 Å². The van der Waals surface area contributed by atoms with Gasteiger partial charge in [-0.2, -0.15) is 0 Å². The third-order valence-corrected chi connectivity index (χ3v) is 8.38. The molecule has 0 bridgehead atoms. The maximum atomic E-state index is 13.2. The number of amides is 4. The highest BCUT2D eigenvalue weighted by Gasteiger charge is 2.36. The van der Waals surface area contributed by atoms with Crippen molar-refractivity contribution in [2.45, 2.75) is 88.7 Å². The van der Waals surface area contributed by atoms with Crippen LogP contribution in [0.1, 0.15) is 64.0 Å². The van der Waals surface area contributed by atoms with Crippen molar-refractivity contribution in [3.8, 4) is 0 Å². The number of carbonyl (C=O) groups is 4. The molecular formula is C32H46N6O5. The van der Waals surface area contributed by atoms with Crippen LogP contribution in [0.15, 0.2) is 54.1 Å². The van der Waals surface area contributed by atoms with Gasteiger partial charge >= 0.3 is 0 Å². The number of benzene rings is 1. The number of carbonyl (C=O) groups excluding carboxylic acids is 4. The van der Waals surface area contributed by atoms with E-state index in [-0.39, 0.29) is 42.3 Å². The van der Waals surface area contributed by atoms with Gasteiger partial charge in [0.25, 0.3) is 0 Å². The van der Waals surface area contributed by atoms with E-state index in [2.05, 4.69) is 32.7 Å². The number of hydrogen-bond acceptors (Lipinski definition) is 7. The molecule has 2 aliphatic heterocycles. The first-order chi connectivity index (χ1) is 20.6. The zero-order chi connectivity index (χ0) is 30.9. The summed E-state index contributed by atoms with van der Waals surface area (Å²) in [5.74, 6) is -1.55. The summed E-state index contributed by atoms with van der Waals surface area (Å²) in [6, 6.07) is 7.37. The summed E-state index contributed by atoms with van der Waals surface area (Å²) in [7, 11) is 0.